The summed E-state index contributed by atoms with van der Waals surface area (Å²) in [6, 6.07) is 19.7. The van der Waals surface area contributed by atoms with Crippen LogP contribution in [0.3, 0.4) is 0 Å². The summed E-state index contributed by atoms with van der Waals surface area (Å²) in [5, 5.41) is -0.869. The average molecular weight is 407 g/mol. The highest BCUT2D eigenvalue weighted by molar-refractivity contribution is 8.00. The number of halogens is 1. The van der Waals surface area contributed by atoms with Crippen LogP contribution in [0.1, 0.15) is 24.8 Å². The second-order valence-electron chi connectivity index (χ2n) is 7.75. The smallest absolute Gasteiger partial charge is 0.185 e. The van der Waals surface area contributed by atoms with Crippen molar-refractivity contribution >= 4 is 37.5 Å². The number of hydrogen-bond acceptors (Lipinski definition) is 3. The maximum atomic E-state index is 13.5. The van der Waals surface area contributed by atoms with Crippen LogP contribution >= 0.6 is 23.4 Å². The second-order valence-corrected chi connectivity index (χ2v) is 13.9. The van der Waals surface area contributed by atoms with Gasteiger partial charge in [0.1, 0.15) is 5.60 Å². The van der Waals surface area contributed by atoms with Crippen LogP contribution in [0.4, 0.5) is 0 Å². The maximum Gasteiger partial charge on any atom is 0.185 e. The molecule has 26 heavy (non-hydrogen) atoms. The topological polar surface area (TPSA) is 26.3 Å². The van der Waals surface area contributed by atoms with Gasteiger partial charge in [-0.1, -0.05) is 48.5 Å². The number of carbonyl (C=O) groups excluding carboxylic acids is 1. The van der Waals surface area contributed by atoms with E-state index in [0.717, 1.165) is 10.5 Å². The second kappa shape index (κ2) is 8.74. The van der Waals surface area contributed by atoms with Crippen molar-refractivity contribution in [2.45, 2.75) is 54.6 Å². The Morgan fingerprint density at radius 2 is 1.50 bits per heavy atom. The first-order valence-electron chi connectivity index (χ1n) is 8.75. The Bertz CT molecular complexity index is 714. The van der Waals surface area contributed by atoms with E-state index in [9.17, 15) is 4.79 Å². The highest BCUT2D eigenvalue weighted by Gasteiger charge is 2.41. The van der Waals surface area contributed by atoms with Gasteiger partial charge in [-0.15, -0.1) is 23.4 Å². The van der Waals surface area contributed by atoms with Crippen LogP contribution in [0, 0.1) is 0 Å². The van der Waals surface area contributed by atoms with E-state index in [4.69, 9.17) is 16.0 Å². The number of rotatable bonds is 8. The lowest BCUT2D eigenvalue weighted by Gasteiger charge is -2.35. The summed E-state index contributed by atoms with van der Waals surface area (Å²) in [6.45, 7) is 10.0. The van der Waals surface area contributed by atoms with Gasteiger partial charge in [0.05, 0.1) is 10.6 Å². The largest absolute Gasteiger partial charge is 0.406 e. The zero-order valence-electron chi connectivity index (χ0n) is 16.0. The van der Waals surface area contributed by atoms with Crippen LogP contribution < -0.4 is 0 Å². The summed E-state index contributed by atoms with van der Waals surface area (Å²) in [5.41, 5.74) is 0.0681. The quantitative estimate of drug-likeness (QED) is 0.291. The van der Waals surface area contributed by atoms with Crippen molar-refractivity contribution in [2.75, 3.05) is 0 Å². The monoisotopic (exact) mass is 406 g/mol. The van der Waals surface area contributed by atoms with Gasteiger partial charge < -0.3 is 4.43 Å². The summed E-state index contributed by atoms with van der Waals surface area (Å²) < 4.78 is 6.21. The van der Waals surface area contributed by atoms with E-state index < -0.39 is 24.5 Å². The minimum absolute atomic E-state index is 0.0256. The Morgan fingerprint density at radius 1 is 1.00 bits per heavy atom. The Morgan fingerprint density at radius 3 is 2.00 bits per heavy atom. The molecule has 2 nitrogen and oxygen atoms in total. The molecule has 0 aliphatic rings. The normalized spacial score (nSPS) is 14.7. The maximum absolute atomic E-state index is 13.5. The molecule has 0 radical (unpaired) electrons. The predicted molar refractivity (Wildman–Crippen MR) is 115 cm³/mol. The van der Waals surface area contributed by atoms with Gasteiger partial charge in [-0.05, 0) is 51.2 Å². The van der Waals surface area contributed by atoms with Crippen molar-refractivity contribution in [3.63, 3.8) is 0 Å². The van der Waals surface area contributed by atoms with Gasteiger partial charge in [0.2, 0.25) is 0 Å². The molecular weight excluding hydrogens is 380 g/mol. The third kappa shape index (κ3) is 5.98. The highest BCUT2D eigenvalue weighted by atomic mass is 35.5. The van der Waals surface area contributed by atoms with Gasteiger partial charge in [0.25, 0.3) is 0 Å². The van der Waals surface area contributed by atoms with Crippen LogP contribution in [0.5, 0.6) is 0 Å². The molecule has 0 aliphatic heterocycles. The van der Waals surface area contributed by atoms with Crippen LogP contribution in [-0.4, -0.2) is 25.0 Å². The van der Waals surface area contributed by atoms with Crippen molar-refractivity contribution < 1.29 is 9.22 Å². The van der Waals surface area contributed by atoms with E-state index >= 15 is 0 Å². The summed E-state index contributed by atoms with van der Waals surface area (Å²) in [7, 11) is -1.88. The molecule has 0 bridgehead atoms. The van der Waals surface area contributed by atoms with E-state index in [1.54, 1.807) is 0 Å². The van der Waals surface area contributed by atoms with Crippen LogP contribution in [0.25, 0.3) is 0 Å². The molecular formula is C21H27ClO2SSi. The number of hydrogen-bond donors (Lipinski definition) is 0. The third-order valence-corrected chi connectivity index (χ3v) is 6.86. The molecule has 2 aromatic rings. The van der Waals surface area contributed by atoms with E-state index in [2.05, 4.69) is 19.6 Å². The minimum atomic E-state index is -1.88. The van der Waals surface area contributed by atoms with E-state index in [1.807, 2.05) is 74.5 Å². The lowest BCUT2D eigenvalue weighted by molar-refractivity contribution is -0.132. The average Bonchev–Trinajstić information content (AvgIpc) is 2.58. The SMILES string of the molecule is CC(C)(O[Si](C)(C)C)C(=O)[C@@H](Sc1ccccc1)[C@@H](Cl)c1ccccc1. The summed E-state index contributed by atoms with van der Waals surface area (Å²) in [4.78, 5) is 14.5. The molecule has 0 saturated carbocycles. The van der Waals surface area contributed by atoms with Crippen molar-refractivity contribution in [3.8, 4) is 0 Å². The molecule has 2 rings (SSSR count). The number of benzene rings is 2. The number of ketones is 1. The first kappa shape index (κ1) is 21.2. The number of carbonyl (C=O) groups is 1. The number of Topliss-reactive ketones (excluding diaryl/α,β-unsaturated/α-hetero) is 1. The molecule has 0 unspecified atom stereocenters. The van der Waals surface area contributed by atoms with Gasteiger partial charge in [-0.25, -0.2) is 0 Å². The minimum Gasteiger partial charge on any atom is -0.406 e. The molecule has 0 fully saturated rings. The van der Waals surface area contributed by atoms with Crippen LogP contribution in [-0.2, 0) is 9.22 Å². The molecule has 2 atom stereocenters. The van der Waals surface area contributed by atoms with E-state index in [1.165, 1.54) is 11.8 Å². The lowest BCUT2D eigenvalue weighted by atomic mass is 9.96. The van der Waals surface area contributed by atoms with Gasteiger partial charge in [0, 0.05) is 4.90 Å². The molecule has 140 valence electrons. The first-order chi connectivity index (χ1) is 12.1. The van der Waals surface area contributed by atoms with E-state index in [-0.39, 0.29) is 5.78 Å². The Hall–Kier alpha value is -1.07. The molecule has 0 spiro atoms. The Labute approximate surface area is 167 Å². The van der Waals surface area contributed by atoms with Crippen molar-refractivity contribution in [3.05, 3.63) is 66.2 Å². The number of alkyl halides is 1. The summed E-state index contributed by atoms with van der Waals surface area (Å²) in [5.74, 6) is 0.0256. The molecule has 0 heterocycles. The van der Waals surface area contributed by atoms with Crippen molar-refractivity contribution in [2.24, 2.45) is 0 Å². The van der Waals surface area contributed by atoms with Crippen LogP contribution in [0.15, 0.2) is 65.6 Å². The molecule has 0 aromatic heterocycles. The number of thioether (sulfide) groups is 1. The van der Waals surface area contributed by atoms with Crippen molar-refractivity contribution in [1.82, 2.24) is 0 Å². The lowest BCUT2D eigenvalue weighted by Crippen LogP contribution is -2.48. The first-order valence-corrected chi connectivity index (χ1v) is 13.5. The van der Waals surface area contributed by atoms with Crippen molar-refractivity contribution in [1.29, 1.82) is 0 Å². The fourth-order valence-corrected chi connectivity index (χ4v) is 6.18. The standard InChI is InChI=1S/C21H27ClO2SSi/c1-21(2,24-26(3,4)5)20(23)19(25-17-14-10-7-11-15-17)18(22)16-12-8-6-9-13-16/h6-15,18-19H,1-5H3/t18-,19-/m0/s1. The van der Waals surface area contributed by atoms with Gasteiger partial charge >= 0.3 is 0 Å². The molecule has 2 aromatic carbocycles. The Balaban J connectivity index is 2.34. The molecule has 0 saturated heterocycles. The van der Waals surface area contributed by atoms with Gasteiger partial charge in [-0.2, -0.15) is 0 Å². The molecule has 0 aliphatic carbocycles. The summed E-state index contributed by atoms with van der Waals surface area (Å²) in [6.07, 6.45) is 0. The fraction of sp³-hybridized carbons (Fsp3) is 0.381. The zero-order chi connectivity index (χ0) is 19.4. The molecule has 5 heteroatoms. The Kier molecular flexibility index (Phi) is 7.14. The zero-order valence-corrected chi connectivity index (χ0v) is 18.6. The fourth-order valence-electron chi connectivity index (χ4n) is 2.86. The molecule has 0 N–H and O–H groups in total. The highest BCUT2D eigenvalue weighted by Crippen LogP contribution is 2.39. The summed E-state index contributed by atoms with van der Waals surface area (Å²) >= 11 is 8.31. The third-order valence-electron chi connectivity index (χ3n) is 3.80. The molecule has 0 amide bonds. The van der Waals surface area contributed by atoms with E-state index in [0.29, 0.717) is 0 Å². The van der Waals surface area contributed by atoms with Crippen LogP contribution in [0.2, 0.25) is 19.6 Å². The predicted octanol–water partition coefficient (Wildman–Crippen LogP) is 6.33. The van der Waals surface area contributed by atoms with Gasteiger partial charge in [0.15, 0.2) is 14.1 Å². The van der Waals surface area contributed by atoms with Gasteiger partial charge in [-0.3, -0.25) is 4.79 Å².